The van der Waals surface area contributed by atoms with Crippen molar-refractivity contribution in [1.29, 1.82) is 0 Å². The lowest BCUT2D eigenvalue weighted by Gasteiger charge is -2.34. The molecule has 2 N–H and O–H groups in total. The Balaban J connectivity index is 1.53. The number of urea groups is 1. The highest BCUT2D eigenvalue weighted by atomic mass is 16.4. The molecule has 3 fully saturated rings. The molecule has 5 heteroatoms. The number of hydrogen-bond acceptors (Lipinski definition) is 2. The Morgan fingerprint density at radius 3 is 2.41 bits per heavy atom. The molecule has 0 aromatic rings. The number of nitrogens with zero attached hydrogens (tertiary/aromatic N) is 1. The average Bonchev–Trinajstić information content (AvgIpc) is 2.86. The van der Waals surface area contributed by atoms with Crippen LogP contribution in [0.25, 0.3) is 0 Å². The van der Waals surface area contributed by atoms with Crippen molar-refractivity contribution in [2.75, 3.05) is 6.54 Å². The first kappa shape index (κ1) is 15.6. The number of carboxylic acid groups (broad SMARTS) is 1. The summed E-state index contributed by atoms with van der Waals surface area (Å²) in [4.78, 5) is 25.7. The summed E-state index contributed by atoms with van der Waals surface area (Å²) in [7, 11) is 0. The van der Waals surface area contributed by atoms with Gasteiger partial charge in [0.05, 0.1) is 5.92 Å². The normalized spacial score (nSPS) is 38.4. The fraction of sp³-hybridized carbons (Fsp3) is 0.882. The molecule has 2 aliphatic carbocycles. The minimum Gasteiger partial charge on any atom is -0.481 e. The molecule has 22 heavy (non-hydrogen) atoms. The van der Waals surface area contributed by atoms with Crippen LogP contribution in [-0.2, 0) is 4.79 Å². The summed E-state index contributed by atoms with van der Waals surface area (Å²) in [6.45, 7) is 3.15. The number of amides is 2. The molecule has 0 radical (unpaired) electrons. The zero-order valence-electron chi connectivity index (χ0n) is 13.5. The van der Waals surface area contributed by atoms with Gasteiger partial charge in [-0.1, -0.05) is 19.8 Å². The maximum atomic E-state index is 12.6. The minimum atomic E-state index is -0.691. The third kappa shape index (κ3) is 3.08. The Morgan fingerprint density at radius 2 is 1.73 bits per heavy atom. The molecule has 0 spiro atoms. The predicted molar refractivity (Wildman–Crippen MR) is 83.5 cm³/mol. The summed E-state index contributed by atoms with van der Waals surface area (Å²) in [6, 6.07) is 0.667. The maximum Gasteiger partial charge on any atom is 0.317 e. The van der Waals surface area contributed by atoms with E-state index in [1.807, 2.05) is 0 Å². The molecule has 2 amide bonds. The van der Waals surface area contributed by atoms with E-state index in [0.29, 0.717) is 30.7 Å². The van der Waals surface area contributed by atoms with Crippen LogP contribution < -0.4 is 5.32 Å². The Hall–Kier alpha value is -1.26. The van der Waals surface area contributed by atoms with Crippen molar-refractivity contribution in [2.24, 2.45) is 17.8 Å². The van der Waals surface area contributed by atoms with Gasteiger partial charge in [-0.05, 0) is 50.4 Å². The van der Waals surface area contributed by atoms with Gasteiger partial charge in [0, 0.05) is 18.6 Å². The lowest BCUT2D eigenvalue weighted by Crippen LogP contribution is -2.49. The van der Waals surface area contributed by atoms with Crippen LogP contribution in [0.1, 0.15) is 58.3 Å². The van der Waals surface area contributed by atoms with E-state index in [4.69, 9.17) is 5.11 Å². The smallest absolute Gasteiger partial charge is 0.317 e. The molecular formula is C17H28N2O3. The highest BCUT2D eigenvalue weighted by molar-refractivity contribution is 5.75. The lowest BCUT2D eigenvalue weighted by atomic mass is 9.80. The van der Waals surface area contributed by atoms with Crippen molar-refractivity contribution in [1.82, 2.24) is 10.2 Å². The summed E-state index contributed by atoms with van der Waals surface area (Å²) in [6.07, 6.45) is 7.90. The molecule has 1 heterocycles. The summed E-state index contributed by atoms with van der Waals surface area (Å²) >= 11 is 0. The second kappa shape index (κ2) is 6.47. The highest BCUT2D eigenvalue weighted by Crippen LogP contribution is 2.39. The van der Waals surface area contributed by atoms with Crippen LogP contribution in [0.3, 0.4) is 0 Å². The molecule has 3 atom stereocenters. The number of nitrogens with one attached hydrogen (secondary N) is 1. The largest absolute Gasteiger partial charge is 0.481 e. The number of rotatable bonds is 2. The summed E-state index contributed by atoms with van der Waals surface area (Å²) < 4.78 is 0. The van der Waals surface area contributed by atoms with E-state index in [0.717, 1.165) is 25.8 Å². The zero-order valence-corrected chi connectivity index (χ0v) is 13.5. The number of carboxylic acids is 1. The average molecular weight is 308 g/mol. The first-order valence-electron chi connectivity index (χ1n) is 8.86. The van der Waals surface area contributed by atoms with E-state index in [9.17, 15) is 9.59 Å². The van der Waals surface area contributed by atoms with Gasteiger partial charge in [0.15, 0.2) is 0 Å². The maximum absolute atomic E-state index is 12.6. The van der Waals surface area contributed by atoms with E-state index in [1.165, 1.54) is 19.3 Å². The van der Waals surface area contributed by atoms with Gasteiger partial charge in [-0.25, -0.2) is 4.79 Å². The third-order valence-corrected chi connectivity index (χ3v) is 6.06. The molecule has 1 aliphatic heterocycles. The Labute approximate surface area is 132 Å². The van der Waals surface area contributed by atoms with Crippen molar-refractivity contribution in [2.45, 2.75) is 70.4 Å². The van der Waals surface area contributed by atoms with Gasteiger partial charge >= 0.3 is 12.0 Å². The van der Waals surface area contributed by atoms with Gasteiger partial charge in [0.2, 0.25) is 0 Å². The molecule has 3 unspecified atom stereocenters. The van der Waals surface area contributed by atoms with Crippen molar-refractivity contribution >= 4 is 12.0 Å². The molecule has 3 rings (SSSR count). The van der Waals surface area contributed by atoms with Crippen LogP contribution in [0.2, 0.25) is 0 Å². The molecule has 124 valence electrons. The van der Waals surface area contributed by atoms with Crippen molar-refractivity contribution in [3.63, 3.8) is 0 Å². The number of likely N-dealkylation sites (tertiary alicyclic amines) is 1. The van der Waals surface area contributed by atoms with E-state index in [1.54, 1.807) is 0 Å². The SMILES string of the molecule is CC1CN(C(=O)NC2CCC(C(=O)O)CC2)C2CCCCC12. The summed E-state index contributed by atoms with van der Waals surface area (Å²) in [5.74, 6) is 0.381. The van der Waals surface area contributed by atoms with Gasteiger partial charge in [-0.3, -0.25) is 4.79 Å². The van der Waals surface area contributed by atoms with Crippen LogP contribution in [-0.4, -0.2) is 40.6 Å². The van der Waals surface area contributed by atoms with E-state index >= 15 is 0 Å². The van der Waals surface area contributed by atoms with E-state index in [-0.39, 0.29) is 18.0 Å². The lowest BCUT2D eigenvalue weighted by molar-refractivity contribution is -0.142. The van der Waals surface area contributed by atoms with Crippen molar-refractivity contribution in [3.05, 3.63) is 0 Å². The highest BCUT2D eigenvalue weighted by Gasteiger charge is 2.43. The first-order valence-corrected chi connectivity index (χ1v) is 8.86. The van der Waals surface area contributed by atoms with E-state index < -0.39 is 5.97 Å². The van der Waals surface area contributed by atoms with Gasteiger partial charge < -0.3 is 15.3 Å². The van der Waals surface area contributed by atoms with Gasteiger partial charge in [-0.2, -0.15) is 0 Å². The fourth-order valence-electron chi connectivity index (χ4n) is 4.75. The monoisotopic (exact) mass is 308 g/mol. The number of carbonyl (C=O) groups is 2. The van der Waals surface area contributed by atoms with E-state index in [2.05, 4.69) is 17.1 Å². The van der Waals surface area contributed by atoms with Crippen LogP contribution in [0.4, 0.5) is 4.79 Å². The molecular weight excluding hydrogens is 280 g/mol. The number of aliphatic carboxylic acids is 1. The fourth-order valence-corrected chi connectivity index (χ4v) is 4.75. The second-order valence-electron chi connectivity index (χ2n) is 7.48. The van der Waals surface area contributed by atoms with Crippen LogP contribution in [0, 0.1) is 17.8 Å². The molecule has 2 saturated carbocycles. The third-order valence-electron chi connectivity index (χ3n) is 6.06. The topological polar surface area (TPSA) is 69.6 Å². The van der Waals surface area contributed by atoms with Crippen LogP contribution in [0.5, 0.6) is 0 Å². The zero-order chi connectivity index (χ0) is 15.7. The van der Waals surface area contributed by atoms with Gasteiger partial charge in [0.25, 0.3) is 0 Å². The summed E-state index contributed by atoms with van der Waals surface area (Å²) in [5.41, 5.74) is 0. The molecule has 3 aliphatic rings. The van der Waals surface area contributed by atoms with Crippen molar-refractivity contribution in [3.8, 4) is 0 Å². The second-order valence-corrected chi connectivity index (χ2v) is 7.48. The Bertz CT molecular complexity index is 432. The molecule has 0 aromatic carbocycles. The summed E-state index contributed by atoms with van der Waals surface area (Å²) in [5, 5.41) is 12.2. The molecule has 5 nitrogen and oxygen atoms in total. The minimum absolute atomic E-state index is 0.0834. The quantitative estimate of drug-likeness (QED) is 0.824. The molecule has 0 bridgehead atoms. The molecule has 0 aromatic heterocycles. The number of fused-ring (bicyclic) bond motifs is 1. The Morgan fingerprint density at radius 1 is 1.05 bits per heavy atom. The van der Waals surface area contributed by atoms with Gasteiger partial charge in [-0.15, -0.1) is 0 Å². The number of carbonyl (C=O) groups excluding carboxylic acids is 1. The van der Waals surface area contributed by atoms with Crippen LogP contribution in [0.15, 0.2) is 0 Å². The predicted octanol–water partition coefficient (Wildman–Crippen LogP) is 2.85. The Kier molecular flexibility index (Phi) is 4.59. The standard InChI is InChI=1S/C17H28N2O3/c1-11-10-19(15-5-3-2-4-14(11)15)17(22)18-13-8-6-12(7-9-13)16(20)21/h11-15H,2-10H2,1H3,(H,18,22)(H,20,21). The van der Waals surface area contributed by atoms with Crippen LogP contribution >= 0.6 is 0 Å². The first-order chi connectivity index (χ1) is 10.6. The van der Waals surface area contributed by atoms with Crippen molar-refractivity contribution < 1.29 is 14.7 Å². The van der Waals surface area contributed by atoms with Gasteiger partial charge in [0.1, 0.15) is 0 Å². The number of hydrogen-bond donors (Lipinski definition) is 2. The molecule has 1 saturated heterocycles.